The molecule has 4 rings (SSSR count). The molecule has 146 valence electrons. The van der Waals surface area contributed by atoms with Gasteiger partial charge in [-0.15, -0.1) is 5.10 Å². The highest BCUT2D eigenvalue weighted by Gasteiger charge is 2.31. The van der Waals surface area contributed by atoms with E-state index >= 15 is 0 Å². The highest BCUT2D eigenvalue weighted by Crippen LogP contribution is 2.23. The molecule has 1 aromatic carbocycles. The van der Waals surface area contributed by atoms with E-state index in [1.165, 1.54) is 4.31 Å². The number of pyridine rings is 1. The van der Waals surface area contributed by atoms with Gasteiger partial charge in [-0.25, -0.2) is 13.1 Å². The Hall–Kier alpha value is -2.62. The zero-order valence-electron chi connectivity index (χ0n) is 15.5. The van der Waals surface area contributed by atoms with Crippen LogP contribution in [-0.4, -0.2) is 39.2 Å². The third-order valence-electron chi connectivity index (χ3n) is 4.66. The molecule has 3 heterocycles. The van der Waals surface area contributed by atoms with E-state index in [2.05, 4.69) is 15.3 Å². The first-order valence-corrected chi connectivity index (χ1v) is 10.4. The van der Waals surface area contributed by atoms with E-state index in [0.29, 0.717) is 30.3 Å². The summed E-state index contributed by atoms with van der Waals surface area (Å²) in [6.45, 7) is 3.62. The third-order valence-corrected chi connectivity index (χ3v) is 6.50. The van der Waals surface area contributed by atoms with Gasteiger partial charge in [-0.3, -0.25) is 4.98 Å². The fraction of sp³-hybridized carbons (Fsp3) is 0.316. The Morgan fingerprint density at radius 3 is 2.82 bits per heavy atom. The van der Waals surface area contributed by atoms with E-state index in [9.17, 15) is 8.42 Å². The van der Waals surface area contributed by atoms with E-state index in [1.54, 1.807) is 35.3 Å². The Bertz CT molecular complexity index is 1070. The molecule has 0 fully saturated rings. The number of sulfonamides is 1. The summed E-state index contributed by atoms with van der Waals surface area (Å²) < 4.78 is 35.0. The number of hydrogen-bond acceptors (Lipinski definition) is 6. The van der Waals surface area contributed by atoms with Gasteiger partial charge in [0.15, 0.2) is 0 Å². The summed E-state index contributed by atoms with van der Waals surface area (Å²) in [5.41, 5.74) is 3.31. The number of hydrogen-bond donors (Lipinski definition) is 0. The Kier molecular flexibility index (Phi) is 5.21. The number of rotatable bonds is 6. The molecule has 1 aliphatic rings. The van der Waals surface area contributed by atoms with Crippen LogP contribution in [0.5, 0.6) is 0 Å². The van der Waals surface area contributed by atoms with Crippen molar-refractivity contribution in [2.75, 3.05) is 6.54 Å². The van der Waals surface area contributed by atoms with Gasteiger partial charge < -0.3 is 4.74 Å². The van der Waals surface area contributed by atoms with Crippen molar-refractivity contribution in [2.24, 2.45) is 0 Å². The van der Waals surface area contributed by atoms with Crippen LogP contribution in [0.3, 0.4) is 0 Å². The number of benzene rings is 1. The fourth-order valence-electron chi connectivity index (χ4n) is 3.16. The summed E-state index contributed by atoms with van der Waals surface area (Å²) in [6.07, 6.45) is 3.46. The van der Waals surface area contributed by atoms with Gasteiger partial charge in [0.25, 0.3) is 0 Å². The molecular weight excluding hydrogens is 378 g/mol. The second-order valence-electron chi connectivity index (χ2n) is 6.72. The van der Waals surface area contributed by atoms with Crippen LogP contribution in [0.25, 0.3) is 0 Å². The molecule has 28 heavy (non-hydrogen) atoms. The quantitative estimate of drug-likeness (QED) is 0.629. The Labute approximate surface area is 163 Å². The Morgan fingerprint density at radius 2 is 2.04 bits per heavy atom. The Morgan fingerprint density at radius 1 is 1.14 bits per heavy atom. The number of aromatic nitrogens is 4. The van der Waals surface area contributed by atoms with Gasteiger partial charge in [0.1, 0.15) is 5.69 Å². The molecule has 0 saturated carbocycles. The maximum atomic E-state index is 13.0. The first-order valence-electron chi connectivity index (χ1n) is 8.99. The minimum atomic E-state index is -3.57. The lowest BCUT2D eigenvalue weighted by Gasteiger charge is -2.27. The highest BCUT2D eigenvalue weighted by atomic mass is 32.2. The summed E-state index contributed by atoms with van der Waals surface area (Å²) in [5, 5.41) is 8.32. The monoisotopic (exact) mass is 399 g/mol. The van der Waals surface area contributed by atoms with Gasteiger partial charge in [-0.05, 0) is 36.2 Å². The molecule has 2 aromatic heterocycles. The second kappa shape index (κ2) is 7.78. The minimum absolute atomic E-state index is 0.231. The lowest BCUT2D eigenvalue weighted by molar-refractivity contribution is 0.103. The van der Waals surface area contributed by atoms with Crippen molar-refractivity contribution in [3.8, 4) is 0 Å². The largest absolute Gasteiger partial charge is 0.370 e. The first kappa shape index (κ1) is 18.7. The molecule has 0 atom stereocenters. The molecule has 0 spiro atoms. The zero-order valence-corrected chi connectivity index (χ0v) is 16.3. The van der Waals surface area contributed by atoms with Crippen LogP contribution in [0.1, 0.15) is 22.5 Å². The fourth-order valence-corrected chi connectivity index (χ4v) is 4.66. The topological polar surface area (TPSA) is 90.2 Å². The summed E-state index contributed by atoms with van der Waals surface area (Å²) in [7, 11) is -3.57. The van der Waals surface area contributed by atoms with Gasteiger partial charge in [-0.2, -0.15) is 4.31 Å². The van der Waals surface area contributed by atoms with Crippen LogP contribution < -0.4 is 0 Å². The highest BCUT2D eigenvalue weighted by molar-refractivity contribution is 7.89. The number of fused-ring (bicyclic) bond motifs is 1. The van der Waals surface area contributed by atoms with Gasteiger partial charge >= 0.3 is 0 Å². The molecule has 1 aliphatic heterocycles. The van der Waals surface area contributed by atoms with E-state index < -0.39 is 10.0 Å². The van der Waals surface area contributed by atoms with Gasteiger partial charge in [-0.1, -0.05) is 23.4 Å². The van der Waals surface area contributed by atoms with E-state index in [1.807, 2.05) is 25.1 Å². The van der Waals surface area contributed by atoms with Crippen LogP contribution >= 0.6 is 0 Å². The molecule has 0 unspecified atom stereocenters. The summed E-state index contributed by atoms with van der Waals surface area (Å²) in [5.74, 6) is 0. The average Bonchev–Trinajstić information content (AvgIpc) is 3.11. The molecule has 9 heteroatoms. The van der Waals surface area contributed by atoms with Crippen molar-refractivity contribution in [3.05, 3.63) is 71.3 Å². The summed E-state index contributed by atoms with van der Waals surface area (Å²) >= 11 is 0. The predicted molar refractivity (Wildman–Crippen MR) is 102 cm³/mol. The summed E-state index contributed by atoms with van der Waals surface area (Å²) in [6, 6.07) is 10.8. The van der Waals surface area contributed by atoms with Crippen molar-refractivity contribution < 1.29 is 13.2 Å². The molecule has 0 radical (unpaired) electrons. The lowest BCUT2D eigenvalue weighted by Crippen LogP contribution is -2.38. The van der Waals surface area contributed by atoms with E-state index in [-0.39, 0.29) is 13.2 Å². The van der Waals surface area contributed by atoms with Gasteiger partial charge in [0.05, 0.1) is 36.9 Å². The van der Waals surface area contributed by atoms with Crippen LogP contribution in [0.2, 0.25) is 0 Å². The Balaban J connectivity index is 1.48. The predicted octanol–water partition coefficient (Wildman–Crippen LogP) is 1.90. The SMILES string of the molecule is Cc1cccc(S(=O)(=O)N2CCn3nnc(COCc4cccnc4)c3C2)c1. The number of nitrogens with zero attached hydrogens (tertiary/aromatic N) is 5. The van der Waals surface area contributed by atoms with Crippen molar-refractivity contribution in [1.82, 2.24) is 24.3 Å². The molecular formula is C19H21N5O3S. The zero-order chi connectivity index (χ0) is 19.6. The normalized spacial score (nSPS) is 14.8. The van der Waals surface area contributed by atoms with Gasteiger partial charge in [0.2, 0.25) is 10.0 Å². The summed E-state index contributed by atoms with van der Waals surface area (Å²) in [4.78, 5) is 4.37. The number of ether oxygens (including phenoxy) is 1. The molecule has 0 aliphatic carbocycles. The molecule has 0 N–H and O–H groups in total. The van der Waals surface area contributed by atoms with Crippen LogP contribution in [-0.2, 0) is 41.1 Å². The van der Waals surface area contributed by atoms with Crippen molar-refractivity contribution in [1.29, 1.82) is 0 Å². The van der Waals surface area contributed by atoms with Crippen LogP contribution in [0.15, 0.2) is 53.7 Å². The molecule has 3 aromatic rings. The van der Waals surface area contributed by atoms with Crippen LogP contribution in [0, 0.1) is 6.92 Å². The molecule has 8 nitrogen and oxygen atoms in total. The molecule has 0 saturated heterocycles. The van der Waals surface area contributed by atoms with E-state index in [4.69, 9.17) is 4.74 Å². The van der Waals surface area contributed by atoms with E-state index in [0.717, 1.165) is 16.8 Å². The average molecular weight is 399 g/mol. The number of aryl methyl sites for hydroxylation is 1. The molecule has 0 amide bonds. The third kappa shape index (κ3) is 3.82. The minimum Gasteiger partial charge on any atom is -0.370 e. The van der Waals surface area contributed by atoms with Crippen molar-refractivity contribution in [3.63, 3.8) is 0 Å². The van der Waals surface area contributed by atoms with Crippen molar-refractivity contribution >= 4 is 10.0 Å². The smallest absolute Gasteiger partial charge is 0.243 e. The maximum absolute atomic E-state index is 13.0. The van der Waals surface area contributed by atoms with Crippen LogP contribution in [0.4, 0.5) is 0 Å². The molecule has 0 bridgehead atoms. The van der Waals surface area contributed by atoms with Gasteiger partial charge in [0, 0.05) is 18.9 Å². The van der Waals surface area contributed by atoms with Crippen molar-refractivity contribution in [2.45, 2.75) is 38.1 Å². The first-order chi connectivity index (χ1) is 13.5. The standard InChI is InChI=1S/C19H21N5O3S/c1-15-4-2-6-17(10-15)28(25,26)23-8-9-24-19(12-23)18(21-22-24)14-27-13-16-5-3-7-20-11-16/h2-7,10-11H,8-9,12-14H2,1H3. The second-order valence-corrected chi connectivity index (χ2v) is 8.65. The maximum Gasteiger partial charge on any atom is 0.243 e. The lowest BCUT2D eigenvalue weighted by atomic mass is 10.2.